The zero-order chi connectivity index (χ0) is 16.3. The van der Waals surface area contributed by atoms with Gasteiger partial charge in [-0.15, -0.1) is 0 Å². The Bertz CT molecular complexity index is 546. The summed E-state index contributed by atoms with van der Waals surface area (Å²) in [7, 11) is 0. The van der Waals surface area contributed by atoms with Crippen LogP contribution in [0.3, 0.4) is 0 Å². The SMILES string of the molecule is CC(C)(N)C(=O)N1CCC(C(=O)Nc2ccc(Cl)cn2)CC1. The summed E-state index contributed by atoms with van der Waals surface area (Å²) >= 11 is 5.76. The molecule has 120 valence electrons. The lowest BCUT2D eigenvalue weighted by atomic mass is 9.94. The molecule has 1 aromatic heterocycles. The van der Waals surface area contributed by atoms with Crippen LogP contribution in [0.25, 0.3) is 0 Å². The van der Waals surface area contributed by atoms with E-state index in [1.165, 1.54) is 6.20 Å². The van der Waals surface area contributed by atoms with Crippen LogP contribution in [-0.2, 0) is 9.59 Å². The number of nitrogens with zero attached hydrogens (tertiary/aromatic N) is 2. The topological polar surface area (TPSA) is 88.3 Å². The second-order valence-corrected chi connectivity index (χ2v) is 6.58. The van der Waals surface area contributed by atoms with Gasteiger partial charge in [0.05, 0.1) is 10.6 Å². The molecule has 0 spiro atoms. The number of amides is 2. The normalized spacial score (nSPS) is 16.5. The van der Waals surface area contributed by atoms with Crippen molar-refractivity contribution in [3.63, 3.8) is 0 Å². The summed E-state index contributed by atoms with van der Waals surface area (Å²) in [5.41, 5.74) is 4.96. The van der Waals surface area contributed by atoms with Gasteiger partial charge in [0.2, 0.25) is 11.8 Å². The van der Waals surface area contributed by atoms with Crippen molar-refractivity contribution < 1.29 is 9.59 Å². The Labute approximate surface area is 135 Å². The Morgan fingerprint density at radius 2 is 2.00 bits per heavy atom. The van der Waals surface area contributed by atoms with Gasteiger partial charge in [0.25, 0.3) is 0 Å². The van der Waals surface area contributed by atoms with Crippen LogP contribution in [0.15, 0.2) is 18.3 Å². The lowest BCUT2D eigenvalue weighted by molar-refractivity contribution is -0.138. The number of hydrogen-bond donors (Lipinski definition) is 2. The number of likely N-dealkylation sites (tertiary alicyclic amines) is 1. The Balaban J connectivity index is 1.87. The van der Waals surface area contributed by atoms with E-state index in [4.69, 9.17) is 17.3 Å². The third-order valence-corrected chi connectivity index (χ3v) is 3.91. The molecular formula is C15H21ClN4O2. The van der Waals surface area contributed by atoms with Crippen molar-refractivity contribution in [1.82, 2.24) is 9.88 Å². The molecule has 2 rings (SSSR count). The number of nitrogens with two attached hydrogens (primary N) is 1. The van der Waals surface area contributed by atoms with Gasteiger partial charge in [-0.3, -0.25) is 9.59 Å². The summed E-state index contributed by atoms with van der Waals surface area (Å²) in [6.45, 7) is 4.48. The van der Waals surface area contributed by atoms with Gasteiger partial charge in [-0.05, 0) is 38.8 Å². The molecule has 1 aliphatic rings. The number of nitrogens with one attached hydrogen (secondary N) is 1. The lowest BCUT2D eigenvalue weighted by Crippen LogP contribution is -2.53. The minimum atomic E-state index is -0.873. The third-order valence-electron chi connectivity index (χ3n) is 3.68. The summed E-state index contributed by atoms with van der Waals surface area (Å²) in [4.78, 5) is 30.1. The quantitative estimate of drug-likeness (QED) is 0.884. The zero-order valence-electron chi connectivity index (χ0n) is 12.8. The molecule has 1 aliphatic heterocycles. The highest BCUT2D eigenvalue weighted by Crippen LogP contribution is 2.21. The maximum atomic E-state index is 12.2. The molecule has 0 bridgehead atoms. The largest absolute Gasteiger partial charge is 0.341 e. The molecule has 1 fully saturated rings. The van der Waals surface area contributed by atoms with Gasteiger partial charge >= 0.3 is 0 Å². The van der Waals surface area contributed by atoms with Gasteiger partial charge in [0.1, 0.15) is 5.82 Å². The number of hydrogen-bond acceptors (Lipinski definition) is 4. The number of rotatable bonds is 3. The average Bonchev–Trinajstić information content (AvgIpc) is 2.48. The predicted octanol–water partition coefficient (Wildman–Crippen LogP) is 1.65. The number of piperidine rings is 1. The molecule has 0 aromatic carbocycles. The van der Waals surface area contributed by atoms with Crippen LogP contribution in [0, 0.1) is 5.92 Å². The van der Waals surface area contributed by atoms with Gasteiger partial charge in [-0.1, -0.05) is 11.6 Å². The maximum Gasteiger partial charge on any atom is 0.242 e. The minimum Gasteiger partial charge on any atom is -0.341 e. The number of pyridine rings is 1. The van der Waals surface area contributed by atoms with Gasteiger partial charge in [-0.2, -0.15) is 0 Å². The number of anilines is 1. The van der Waals surface area contributed by atoms with E-state index in [2.05, 4.69) is 10.3 Å². The molecule has 2 heterocycles. The first-order valence-electron chi connectivity index (χ1n) is 7.28. The van der Waals surface area contributed by atoms with Crippen molar-refractivity contribution in [3.05, 3.63) is 23.4 Å². The van der Waals surface area contributed by atoms with E-state index in [0.717, 1.165) is 0 Å². The molecule has 6 nitrogen and oxygen atoms in total. The molecule has 22 heavy (non-hydrogen) atoms. The molecule has 2 amide bonds. The first-order chi connectivity index (χ1) is 10.3. The Hall–Kier alpha value is -1.66. The molecule has 0 unspecified atom stereocenters. The molecule has 7 heteroatoms. The Morgan fingerprint density at radius 1 is 1.36 bits per heavy atom. The van der Waals surface area contributed by atoms with Crippen molar-refractivity contribution in [3.8, 4) is 0 Å². The molecule has 1 saturated heterocycles. The fourth-order valence-electron chi connectivity index (χ4n) is 2.43. The summed E-state index contributed by atoms with van der Waals surface area (Å²) < 4.78 is 0. The number of carbonyl (C=O) groups excluding carboxylic acids is 2. The van der Waals surface area contributed by atoms with Crippen LogP contribution < -0.4 is 11.1 Å². The van der Waals surface area contributed by atoms with Crippen LogP contribution >= 0.6 is 11.6 Å². The van der Waals surface area contributed by atoms with Gasteiger partial charge in [-0.25, -0.2) is 4.98 Å². The van der Waals surface area contributed by atoms with E-state index in [0.29, 0.717) is 36.8 Å². The van der Waals surface area contributed by atoms with E-state index in [1.807, 2.05) is 0 Å². The molecule has 0 radical (unpaired) electrons. The summed E-state index contributed by atoms with van der Waals surface area (Å²) in [5.74, 6) is 0.207. The zero-order valence-corrected chi connectivity index (χ0v) is 13.6. The van der Waals surface area contributed by atoms with E-state index in [-0.39, 0.29) is 17.7 Å². The average molecular weight is 325 g/mol. The first kappa shape index (κ1) is 16.7. The number of aromatic nitrogens is 1. The van der Waals surface area contributed by atoms with Gasteiger partial charge < -0.3 is 16.0 Å². The van der Waals surface area contributed by atoms with Crippen LogP contribution in [-0.4, -0.2) is 40.3 Å². The van der Waals surface area contributed by atoms with Crippen LogP contribution in [0.5, 0.6) is 0 Å². The second-order valence-electron chi connectivity index (χ2n) is 6.14. The molecular weight excluding hydrogens is 304 g/mol. The monoisotopic (exact) mass is 324 g/mol. The van der Waals surface area contributed by atoms with Crippen LogP contribution in [0.2, 0.25) is 5.02 Å². The second kappa shape index (κ2) is 6.62. The van der Waals surface area contributed by atoms with Crippen LogP contribution in [0.1, 0.15) is 26.7 Å². The third kappa shape index (κ3) is 4.18. The maximum absolute atomic E-state index is 12.2. The molecule has 0 atom stereocenters. The van der Waals surface area contributed by atoms with Crippen molar-refractivity contribution >= 4 is 29.2 Å². The molecule has 3 N–H and O–H groups in total. The molecule has 0 saturated carbocycles. The van der Waals surface area contributed by atoms with E-state index >= 15 is 0 Å². The van der Waals surface area contributed by atoms with Crippen molar-refractivity contribution in [2.24, 2.45) is 11.7 Å². The highest BCUT2D eigenvalue weighted by molar-refractivity contribution is 6.30. The van der Waals surface area contributed by atoms with Gasteiger partial charge in [0.15, 0.2) is 0 Å². The highest BCUT2D eigenvalue weighted by Gasteiger charge is 2.32. The van der Waals surface area contributed by atoms with E-state index in [9.17, 15) is 9.59 Å². The van der Waals surface area contributed by atoms with Crippen molar-refractivity contribution in [1.29, 1.82) is 0 Å². The van der Waals surface area contributed by atoms with Crippen molar-refractivity contribution in [2.45, 2.75) is 32.2 Å². The number of halogens is 1. The summed E-state index contributed by atoms with van der Waals surface area (Å²) in [5, 5.41) is 3.30. The minimum absolute atomic E-state index is 0.0751. The first-order valence-corrected chi connectivity index (χ1v) is 7.66. The fourth-order valence-corrected chi connectivity index (χ4v) is 2.54. The lowest BCUT2D eigenvalue weighted by Gasteiger charge is -2.35. The van der Waals surface area contributed by atoms with E-state index < -0.39 is 5.54 Å². The van der Waals surface area contributed by atoms with E-state index in [1.54, 1.807) is 30.9 Å². The number of carbonyl (C=O) groups is 2. The Morgan fingerprint density at radius 3 is 2.50 bits per heavy atom. The predicted molar refractivity (Wildman–Crippen MR) is 85.4 cm³/mol. The van der Waals surface area contributed by atoms with Crippen molar-refractivity contribution in [2.75, 3.05) is 18.4 Å². The fraction of sp³-hybridized carbons (Fsp3) is 0.533. The standard InChI is InChI=1S/C15H21ClN4O2/c1-15(2,17)14(22)20-7-5-10(6-8-20)13(21)19-12-4-3-11(16)9-18-12/h3-4,9-10H,5-8,17H2,1-2H3,(H,18,19,21). The Kier molecular flexibility index (Phi) is 5.03. The van der Waals surface area contributed by atoms with Gasteiger partial charge in [0, 0.05) is 25.2 Å². The molecule has 0 aliphatic carbocycles. The molecule has 1 aromatic rings. The van der Waals surface area contributed by atoms with Crippen LogP contribution in [0.4, 0.5) is 5.82 Å². The highest BCUT2D eigenvalue weighted by atomic mass is 35.5. The summed E-state index contributed by atoms with van der Waals surface area (Å²) in [6.07, 6.45) is 2.74. The smallest absolute Gasteiger partial charge is 0.242 e. The summed E-state index contributed by atoms with van der Waals surface area (Å²) in [6, 6.07) is 3.34.